The van der Waals surface area contributed by atoms with Gasteiger partial charge in [0.1, 0.15) is 5.75 Å². The van der Waals surface area contributed by atoms with Crippen molar-refractivity contribution in [2.75, 3.05) is 25.5 Å². The number of fused-ring (bicyclic) bond motifs is 1. The maximum Gasteiger partial charge on any atom is 0.233 e. The van der Waals surface area contributed by atoms with E-state index in [1.165, 1.54) is 16.7 Å². The fraction of sp³-hybridized carbons (Fsp3) is 0.278. The van der Waals surface area contributed by atoms with E-state index in [0.717, 1.165) is 24.1 Å². The second-order valence-corrected chi connectivity index (χ2v) is 11.7. The number of likely N-dealkylation sites (tertiary alicyclic amines) is 1. The van der Waals surface area contributed by atoms with E-state index in [0.29, 0.717) is 18.8 Å². The second kappa shape index (κ2) is 9.91. The first-order valence-electron chi connectivity index (χ1n) is 14.5. The van der Waals surface area contributed by atoms with Gasteiger partial charge in [-0.15, -0.1) is 0 Å². The summed E-state index contributed by atoms with van der Waals surface area (Å²) in [6.07, 6.45) is 2.10. The number of carbonyl (C=O) groups is 2. The number of hydrogen-bond acceptors (Lipinski definition) is 3. The average molecular weight is 543 g/mol. The third-order valence-electron chi connectivity index (χ3n) is 9.97. The minimum absolute atomic E-state index is 0.0146. The van der Waals surface area contributed by atoms with Gasteiger partial charge in [0.05, 0.1) is 18.9 Å². The van der Waals surface area contributed by atoms with Crippen LogP contribution in [0.2, 0.25) is 0 Å². The van der Waals surface area contributed by atoms with E-state index in [9.17, 15) is 9.59 Å². The second-order valence-electron chi connectivity index (χ2n) is 11.7. The summed E-state index contributed by atoms with van der Waals surface area (Å²) in [6.45, 7) is 0.938. The molecule has 1 heterocycles. The van der Waals surface area contributed by atoms with Gasteiger partial charge in [0.25, 0.3) is 0 Å². The van der Waals surface area contributed by atoms with E-state index in [-0.39, 0.29) is 35.5 Å². The molecule has 0 radical (unpaired) electrons. The Kier molecular flexibility index (Phi) is 6.19. The highest BCUT2D eigenvalue weighted by atomic mass is 16.5. The van der Waals surface area contributed by atoms with Crippen molar-refractivity contribution in [1.82, 2.24) is 4.90 Å². The van der Waals surface area contributed by atoms with E-state index in [4.69, 9.17) is 4.74 Å². The lowest BCUT2D eigenvalue weighted by atomic mass is 9.42. The maximum absolute atomic E-state index is 14.7. The van der Waals surface area contributed by atoms with Crippen LogP contribution in [0.5, 0.6) is 5.75 Å². The lowest BCUT2D eigenvalue weighted by molar-refractivity contribution is -0.134. The number of para-hydroxylation sites is 2. The number of anilines is 1. The molecule has 1 saturated carbocycles. The number of amides is 2. The monoisotopic (exact) mass is 542 g/mol. The molecule has 1 saturated heterocycles. The van der Waals surface area contributed by atoms with Crippen LogP contribution in [-0.2, 0) is 21.4 Å². The lowest BCUT2D eigenvalue weighted by Gasteiger charge is -2.60. The molecule has 4 atom stereocenters. The van der Waals surface area contributed by atoms with E-state index in [1.54, 1.807) is 7.11 Å². The Labute approximate surface area is 241 Å². The van der Waals surface area contributed by atoms with Crippen LogP contribution >= 0.6 is 0 Å². The normalized spacial score (nSPS) is 25.7. The molecule has 1 aliphatic heterocycles. The van der Waals surface area contributed by atoms with E-state index in [2.05, 4.69) is 53.8 Å². The molecule has 0 spiro atoms. The first-order valence-corrected chi connectivity index (χ1v) is 14.5. The van der Waals surface area contributed by atoms with Crippen LogP contribution in [-0.4, -0.2) is 36.9 Å². The number of benzene rings is 4. The number of ether oxygens (including phenoxy) is 1. The predicted octanol–water partition coefficient (Wildman–Crippen LogP) is 6.20. The van der Waals surface area contributed by atoms with Gasteiger partial charge in [-0.05, 0) is 47.7 Å². The summed E-state index contributed by atoms with van der Waals surface area (Å²) < 4.78 is 5.55. The zero-order valence-electron chi connectivity index (χ0n) is 23.3. The number of nitrogens with zero attached hydrogens (tertiary/aromatic N) is 1. The predicted molar refractivity (Wildman–Crippen MR) is 160 cm³/mol. The quantitative estimate of drug-likeness (QED) is 0.316. The summed E-state index contributed by atoms with van der Waals surface area (Å²) in [6, 6.07) is 36.7. The highest BCUT2D eigenvalue weighted by Gasteiger charge is 2.70. The Morgan fingerprint density at radius 3 is 2.34 bits per heavy atom. The van der Waals surface area contributed by atoms with Crippen LogP contribution in [0.25, 0.3) is 0 Å². The lowest BCUT2D eigenvalue weighted by Crippen LogP contribution is -2.61. The highest BCUT2D eigenvalue weighted by molar-refractivity contribution is 5.98. The van der Waals surface area contributed by atoms with Gasteiger partial charge in [0.15, 0.2) is 0 Å². The molecular formula is C36H34N2O3. The molecule has 4 aromatic rings. The van der Waals surface area contributed by atoms with Crippen molar-refractivity contribution in [3.8, 4) is 5.75 Å². The highest BCUT2D eigenvalue weighted by Crippen LogP contribution is 2.69. The van der Waals surface area contributed by atoms with Crippen molar-refractivity contribution in [1.29, 1.82) is 0 Å². The molecular weight excluding hydrogens is 508 g/mol. The zero-order valence-corrected chi connectivity index (χ0v) is 23.3. The SMILES string of the molecule is COc1ccccc1CC(=O)N1C[C@H]2[C@@]3(c4ccccc4)CC[C@H](c4ccccc43)[C@@]2(C(=O)Nc2ccccc2)C1. The molecule has 0 unspecified atom stereocenters. The van der Waals surface area contributed by atoms with Crippen molar-refractivity contribution in [2.24, 2.45) is 11.3 Å². The summed E-state index contributed by atoms with van der Waals surface area (Å²) in [5.74, 6) is 0.726. The largest absolute Gasteiger partial charge is 0.496 e. The Bertz CT molecular complexity index is 1600. The van der Waals surface area contributed by atoms with E-state index < -0.39 is 5.41 Å². The third-order valence-corrected chi connectivity index (χ3v) is 9.97. The molecule has 4 aliphatic rings. The smallest absolute Gasteiger partial charge is 0.233 e. The fourth-order valence-corrected chi connectivity index (χ4v) is 8.30. The Morgan fingerprint density at radius 2 is 1.56 bits per heavy atom. The summed E-state index contributed by atoms with van der Waals surface area (Å²) in [5, 5.41) is 3.29. The van der Waals surface area contributed by atoms with Gasteiger partial charge in [-0.25, -0.2) is 0 Å². The minimum Gasteiger partial charge on any atom is -0.496 e. The maximum atomic E-state index is 14.7. The van der Waals surface area contributed by atoms with Crippen LogP contribution in [0, 0.1) is 11.3 Å². The molecule has 0 aromatic heterocycles. The van der Waals surface area contributed by atoms with Gasteiger partial charge in [-0.1, -0.05) is 91.0 Å². The van der Waals surface area contributed by atoms with Gasteiger partial charge in [0, 0.05) is 41.6 Å². The zero-order chi connectivity index (χ0) is 28.0. The van der Waals surface area contributed by atoms with Crippen molar-refractivity contribution in [3.63, 3.8) is 0 Å². The summed E-state index contributed by atoms with van der Waals surface area (Å²) in [4.78, 5) is 30.7. The third kappa shape index (κ3) is 3.82. The van der Waals surface area contributed by atoms with Gasteiger partial charge < -0.3 is 15.0 Å². The molecule has 5 heteroatoms. The first kappa shape index (κ1) is 25.6. The molecule has 1 N–H and O–H groups in total. The topological polar surface area (TPSA) is 58.6 Å². The van der Waals surface area contributed by atoms with E-state index in [1.807, 2.05) is 65.6 Å². The molecule has 8 rings (SSSR count). The number of rotatable bonds is 6. The molecule has 41 heavy (non-hydrogen) atoms. The molecule has 2 amide bonds. The fourth-order valence-electron chi connectivity index (χ4n) is 8.30. The molecule has 206 valence electrons. The van der Waals surface area contributed by atoms with Crippen LogP contribution in [0.4, 0.5) is 5.69 Å². The summed E-state index contributed by atoms with van der Waals surface area (Å²) >= 11 is 0. The van der Waals surface area contributed by atoms with Crippen LogP contribution in [0.3, 0.4) is 0 Å². The Hall–Kier alpha value is -4.38. The Balaban J connectivity index is 1.36. The van der Waals surface area contributed by atoms with Crippen molar-refractivity contribution in [3.05, 3.63) is 131 Å². The van der Waals surface area contributed by atoms with Crippen LogP contribution < -0.4 is 10.1 Å². The molecule has 2 fully saturated rings. The van der Waals surface area contributed by atoms with Crippen molar-refractivity contribution in [2.45, 2.75) is 30.6 Å². The summed E-state index contributed by atoms with van der Waals surface area (Å²) in [7, 11) is 1.63. The average Bonchev–Trinajstić information content (AvgIpc) is 3.47. The van der Waals surface area contributed by atoms with Crippen molar-refractivity contribution >= 4 is 17.5 Å². The number of carbonyl (C=O) groups excluding carboxylic acids is 2. The number of methoxy groups -OCH3 is 1. The molecule has 5 nitrogen and oxygen atoms in total. The Morgan fingerprint density at radius 1 is 0.878 bits per heavy atom. The molecule has 2 bridgehead atoms. The van der Waals surface area contributed by atoms with Gasteiger partial charge in [0.2, 0.25) is 11.8 Å². The first-order chi connectivity index (χ1) is 20.1. The minimum atomic E-state index is -0.755. The van der Waals surface area contributed by atoms with Gasteiger partial charge in [-0.2, -0.15) is 0 Å². The van der Waals surface area contributed by atoms with Crippen molar-refractivity contribution < 1.29 is 14.3 Å². The number of nitrogens with one attached hydrogen (secondary N) is 1. The number of hydrogen-bond donors (Lipinski definition) is 1. The van der Waals surface area contributed by atoms with Gasteiger partial charge in [-0.3, -0.25) is 9.59 Å². The molecule has 3 aliphatic carbocycles. The standard InChI is InChI=1S/C36H34N2O3/c1-41-31-19-11-8-12-25(31)22-33(39)38-23-32-35(26-13-4-2-5-14-26)21-20-30(28-17-9-10-18-29(28)35)36(32,24-38)34(40)37-27-15-6-3-7-16-27/h2-19,30,32H,20-24H2,1H3,(H,37,40)/t30-,32+,35-,36+/m1/s1. The van der Waals surface area contributed by atoms with E-state index >= 15 is 0 Å². The van der Waals surface area contributed by atoms with Crippen LogP contribution in [0.1, 0.15) is 41.0 Å². The van der Waals surface area contributed by atoms with Crippen LogP contribution in [0.15, 0.2) is 109 Å². The van der Waals surface area contributed by atoms with Gasteiger partial charge >= 0.3 is 0 Å². The molecule has 4 aromatic carbocycles. The summed E-state index contributed by atoms with van der Waals surface area (Å²) in [5.41, 5.74) is 4.33.